The van der Waals surface area contributed by atoms with Gasteiger partial charge in [-0.25, -0.2) is 4.39 Å². The van der Waals surface area contributed by atoms with Crippen LogP contribution in [0.15, 0.2) is 22.7 Å². The third-order valence-electron chi connectivity index (χ3n) is 2.05. The lowest BCUT2D eigenvalue weighted by atomic mass is 10.2. The van der Waals surface area contributed by atoms with Gasteiger partial charge in [0.05, 0.1) is 12.3 Å². The summed E-state index contributed by atoms with van der Waals surface area (Å²) >= 11 is 0. The largest absolute Gasteiger partial charge is 0.396 e. The summed E-state index contributed by atoms with van der Waals surface area (Å²) in [5.74, 6) is 0.175. The number of aliphatic hydroxyl groups is 1. The number of anilines is 1. The van der Waals surface area contributed by atoms with E-state index >= 15 is 0 Å². The summed E-state index contributed by atoms with van der Waals surface area (Å²) in [6.45, 7) is -0.0511. The fraction of sp³-hybridized carbons (Fsp3) is 0.200. The lowest BCUT2D eigenvalue weighted by Crippen LogP contribution is -1.93. The first kappa shape index (κ1) is 10.6. The Morgan fingerprint density at radius 1 is 1.44 bits per heavy atom. The van der Waals surface area contributed by atoms with Gasteiger partial charge in [-0.1, -0.05) is 5.16 Å². The van der Waals surface area contributed by atoms with Gasteiger partial charge >= 0.3 is 0 Å². The lowest BCUT2D eigenvalue weighted by Gasteiger charge is -1.97. The van der Waals surface area contributed by atoms with Gasteiger partial charge < -0.3 is 15.4 Å². The molecule has 0 saturated heterocycles. The van der Waals surface area contributed by atoms with Crippen molar-refractivity contribution < 1.29 is 14.0 Å². The highest BCUT2D eigenvalue weighted by atomic mass is 19.1. The van der Waals surface area contributed by atoms with E-state index in [1.54, 1.807) is 0 Å². The molecule has 2 rings (SSSR count). The van der Waals surface area contributed by atoms with Crippen molar-refractivity contribution in [3.05, 3.63) is 29.8 Å². The molecule has 0 aliphatic carbocycles. The third kappa shape index (κ3) is 2.01. The van der Waals surface area contributed by atoms with E-state index in [0.29, 0.717) is 17.8 Å². The number of nitrogen functional groups attached to an aromatic ring is 1. The number of aliphatic hydroxyl groups excluding tert-OH is 1. The standard InChI is InChI=1S/C10H10FN3O2/c11-7-2-1-6(5-8(7)12)10-13-9(3-4-15)14-16-10/h1-2,5,15H,3-4,12H2. The quantitative estimate of drug-likeness (QED) is 0.758. The van der Waals surface area contributed by atoms with Gasteiger partial charge in [0, 0.05) is 12.0 Å². The smallest absolute Gasteiger partial charge is 0.257 e. The van der Waals surface area contributed by atoms with Crippen LogP contribution in [0.25, 0.3) is 11.5 Å². The molecule has 0 unspecified atom stereocenters. The molecule has 0 atom stereocenters. The highest BCUT2D eigenvalue weighted by Gasteiger charge is 2.09. The van der Waals surface area contributed by atoms with Crippen molar-refractivity contribution in [1.29, 1.82) is 0 Å². The molecule has 3 N–H and O–H groups in total. The molecule has 1 aromatic carbocycles. The zero-order valence-corrected chi connectivity index (χ0v) is 8.35. The summed E-state index contributed by atoms with van der Waals surface area (Å²) in [5, 5.41) is 12.3. The second-order valence-electron chi connectivity index (χ2n) is 3.23. The van der Waals surface area contributed by atoms with Crippen LogP contribution in [0.1, 0.15) is 5.82 Å². The van der Waals surface area contributed by atoms with Gasteiger partial charge in [0.15, 0.2) is 5.82 Å². The molecule has 2 aromatic rings. The highest BCUT2D eigenvalue weighted by Crippen LogP contribution is 2.21. The van der Waals surface area contributed by atoms with Gasteiger partial charge in [0.1, 0.15) is 5.82 Å². The van der Waals surface area contributed by atoms with Crippen LogP contribution in [0.3, 0.4) is 0 Å². The van der Waals surface area contributed by atoms with Crippen molar-refractivity contribution in [2.45, 2.75) is 6.42 Å². The molecule has 6 heteroatoms. The summed E-state index contributed by atoms with van der Waals surface area (Å²) in [4.78, 5) is 4.03. The maximum absolute atomic E-state index is 12.9. The second kappa shape index (κ2) is 4.28. The Morgan fingerprint density at radius 3 is 2.94 bits per heavy atom. The first-order valence-corrected chi connectivity index (χ1v) is 4.69. The van der Waals surface area contributed by atoms with Gasteiger partial charge in [-0.2, -0.15) is 4.98 Å². The molecule has 1 heterocycles. The fourth-order valence-electron chi connectivity index (χ4n) is 1.25. The van der Waals surface area contributed by atoms with E-state index < -0.39 is 5.82 Å². The predicted molar refractivity (Wildman–Crippen MR) is 54.9 cm³/mol. The van der Waals surface area contributed by atoms with Gasteiger partial charge in [0.2, 0.25) is 0 Å². The van der Waals surface area contributed by atoms with Crippen LogP contribution in [0.2, 0.25) is 0 Å². The summed E-state index contributed by atoms with van der Waals surface area (Å²) < 4.78 is 17.9. The van der Waals surface area contributed by atoms with Crippen molar-refractivity contribution in [1.82, 2.24) is 10.1 Å². The van der Waals surface area contributed by atoms with Crippen LogP contribution in [0, 0.1) is 5.82 Å². The minimum Gasteiger partial charge on any atom is -0.396 e. The van der Waals surface area contributed by atoms with Crippen LogP contribution in [0.5, 0.6) is 0 Å². The normalized spacial score (nSPS) is 10.6. The molecule has 0 bridgehead atoms. The third-order valence-corrected chi connectivity index (χ3v) is 2.05. The Kier molecular flexibility index (Phi) is 2.82. The van der Waals surface area contributed by atoms with Crippen LogP contribution in [-0.2, 0) is 6.42 Å². The van der Waals surface area contributed by atoms with E-state index in [4.69, 9.17) is 15.4 Å². The average molecular weight is 223 g/mol. The Balaban J connectivity index is 2.31. The zero-order valence-electron chi connectivity index (χ0n) is 8.35. The lowest BCUT2D eigenvalue weighted by molar-refractivity contribution is 0.293. The number of hydrogen-bond donors (Lipinski definition) is 2. The number of rotatable bonds is 3. The Labute approximate surface area is 90.7 Å². The number of nitrogens with two attached hydrogens (primary N) is 1. The molecular formula is C10H10FN3O2. The molecule has 0 saturated carbocycles. The van der Waals surface area contributed by atoms with Gasteiger partial charge in [-0.05, 0) is 18.2 Å². The van der Waals surface area contributed by atoms with Crippen LogP contribution >= 0.6 is 0 Å². The highest BCUT2D eigenvalue weighted by molar-refractivity contribution is 5.59. The Hall–Kier alpha value is -1.95. The zero-order chi connectivity index (χ0) is 11.5. The molecular weight excluding hydrogens is 213 g/mol. The minimum absolute atomic E-state index is 0.0272. The molecule has 0 aliphatic heterocycles. The number of hydrogen-bond acceptors (Lipinski definition) is 5. The summed E-state index contributed by atoms with van der Waals surface area (Å²) in [6, 6.07) is 4.16. The van der Waals surface area contributed by atoms with E-state index in [1.165, 1.54) is 18.2 Å². The van der Waals surface area contributed by atoms with E-state index in [2.05, 4.69) is 10.1 Å². The molecule has 5 nitrogen and oxygen atoms in total. The Morgan fingerprint density at radius 2 is 2.25 bits per heavy atom. The van der Waals surface area contributed by atoms with E-state index in [0.717, 1.165) is 0 Å². The van der Waals surface area contributed by atoms with Crippen molar-refractivity contribution in [2.24, 2.45) is 0 Å². The molecule has 1 aromatic heterocycles. The van der Waals surface area contributed by atoms with Crippen LogP contribution < -0.4 is 5.73 Å². The predicted octanol–water partition coefficient (Wildman–Crippen LogP) is 0.993. The Bertz CT molecular complexity index is 499. The summed E-state index contributed by atoms with van der Waals surface area (Å²) in [6.07, 6.45) is 0.320. The molecule has 0 amide bonds. The summed E-state index contributed by atoms with van der Waals surface area (Å²) in [5.41, 5.74) is 6.00. The SMILES string of the molecule is Nc1cc(-c2nc(CCO)no2)ccc1F. The number of nitrogens with zero attached hydrogens (tertiary/aromatic N) is 2. The molecule has 0 aliphatic rings. The topological polar surface area (TPSA) is 85.2 Å². The second-order valence-corrected chi connectivity index (χ2v) is 3.23. The van der Waals surface area contributed by atoms with Gasteiger partial charge in [-0.3, -0.25) is 0 Å². The van der Waals surface area contributed by atoms with Crippen molar-refractivity contribution in [2.75, 3.05) is 12.3 Å². The molecule has 0 radical (unpaired) electrons. The van der Waals surface area contributed by atoms with Crippen molar-refractivity contribution >= 4 is 5.69 Å². The summed E-state index contributed by atoms with van der Waals surface area (Å²) in [7, 11) is 0. The fourth-order valence-corrected chi connectivity index (χ4v) is 1.25. The van der Waals surface area contributed by atoms with E-state index in [-0.39, 0.29) is 18.2 Å². The number of aromatic nitrogens is 2. The monoisotopic (exact) mass is 223 g/mol. The first-order valence-electron chi connectivity index (χ1n) is 4.69. The van der Waals surface area contributed by atoms with Crippen LogP contribution in [0.4, 0.5) is 10.1 Å². The molecule has 0 fully saturated rings. The maximum atomic E-state index is 12.9. The molecule has 84 valence electrons. The van der Waals surface area contributed by atoms with E-state index in [1.807, 2.05) is 0 Å². The van der Waals surface area contributed by atoms with E-state index in [9.17, 15) is 4.39 Å². The number of benzene rings is 1. The number of halogens is 1. The molecule has 0 spiro atoms. The van der Waals surface area contributed by atoms with Crippen LogP contribution in [-0.4, -0.2) is 21.9 Å². The van der Waals surface area contributed by atoms with Crippen molar-refractivity contribution in [3.63, 3.8) is 0 Å². The van der Waals surface area contributed by atoms with Crippen molar-refractivity contribution in [3.8, 4) is 11.5 Å². The van der Waals surface area contributed by atoms with Gasteiger partial charge in [-0.15, -0.1) is 0 Å². The maximum Gasteiger partial charge on any atom is 0.257 e. The van der Waals surface area contributed by atoms with Gasteiger partial charge in [0.25, 0.3) is 5.89 Å². The average Bonchev–Trinajstić information content (AvgIpc) is 2.71. The molecule has 16 heavy (non-hydrogen) atoms. The first-order chi connectivity index (χ1) is 7.70. The minimum atomic E-state index is -0.487.